The Hall–Kier alpha value is -1.23. The van der Waals surface area contributed by atoms with E-state index in [4.69, 9.17) is 10.5 Å². The number of ether oxygens (including phenoxy) is 1. The lowest BCUT2D eigenvalue weighted by atomic mass is 10.2. The molecule has 0 heterocycles. The Kier molecular flexibility index (Phi) is 4.81. The molecule has 0 atom stereocenters. The second-order valence-electron chi connectivity index (χ2n) is 4.00. The van der Waals surface area contributed by atoms with Crippen LogP contribution < -0.4 is 10.5 Å². The first kappa shape index (κ1) is 13.8. The van der Waals surface area contributed by atoms with Crippen molar-refractivity contribution in [2.45, 2.75) is 31.1 Å². The highest BCUT2D eigenvalue weighted by Crippen LogP contribution is 2.28. The molecule has 0 aliphatic heterocycles. The Balaban J connectivity index is 2.81. The van der Waals surface area contributed by atoms with Gasteiger partial charge in [0.15, 0.2) is 9.84 Å². The number of hydrogen-bond acceptors (Lipinski definition) is 4. The molecule has 0 saturated heterocycles. The molecule has 0 bridgehead atoms. The SMILES string of the molecule is CCCCCOc1cccc(S(C)(=O)=O)c1N. The van der Waals surface area contributed by atoms with Crippen molar-refractivity contribution >= 4 is 15.5 Å². The van der Waals surface area contributed by atoms with Crippen LogP contribution in [0.3, 0.4) is 0 Å². The Labute approximate surface area is 103 Å². The number of hydrogen-bond donors (Lipinski definition) is 1. The molecule has 0 fully saturated rings. The number of benzene rings is 1. The largest absolute Gasteiger partial charge is 0.491 e. The Morgan fingerprint density at radius 2 is 2.00 bits per heavy atom. The predicted molar refractivity (Wildman–Crippen MR) is 69.0 cm³/mol. The second-order valence-corrected chi connectivity index (χ2v) is 5.98. The van der Waals surface area contributed by atoms with Crippen molar-refractivity contribution in [2.75, 3.05) is 18.6 Å². The molecular weight excluding hydrogens is 238 g/mol. The van der Waals surface area contributed by atoms with Crippen LogP contribution in [0.2, 0.25) is 0 Å². The fourth-order valence-corrected chi connectivity index (χ4v) is 2.33. The summed E-state index contributed by atoms with van der Waals surface area (Å²) in [6.07, 6.45) is 4.28. The Morgan fingerprint density at radius 3 is 2.59 bits per heavy atom. The highest BCUT2D eigenvalue weighted by atomic mass is 32.2. The number of sulfone groups is 1. The molecule has 4 nitrogen and oxygen atoms in total. The number of rotatable bonds is 6. The lowest BCUT2D eigenvalue weighted by molar-refractivity contribution is 0.307. The normalized spacial score (nSPS) is 11.4. The molecule has 2 N–H and O–H groups in total. The van der Waals surface area contributed by atoms with Crippen molar-refractivity contribution in [2.24, 2.45) is 0 Å². The quantitative estimate of drug-likeness (QED) is 0.627. The van der Waals surface area contributed by atoms with Gasteiger partial charge in [0, 0.05) is 6.26 Å². The monoisotopic (exact) mass is 257 g/mol. The first-order chi connectivity index (χ1) is 7.96. The van der Waals surface area contributed by atoms with E-state index >= 15 is 0 Å². The van der Waals surface area contributed by atoms with Crippen LogP contribution in [0, 0.1) is 0 Å². The fraction of sp³-hybridized carbons (Fsp3) is 0.500. The Morgan fingerprint density at radius 1 is 1.29 bits per heavy atom. The number of nitrogen functional groups attached to an aromatic ring is 1. The van der Waals surface area contributed by atoms with Gasteiger partial charge in [-0.05, 0) is 18.6 Å². The van der Waals surface area contributed by atoms with E-state index in [1.807, 2.05) is 0 Å². The maximum Gasteiger partial charge on any atom is 0.177 e. The van der Waals surface area contributed by atoms with Crippen LogP contribution in [0.1, 0.15) is 26.2 Å². The van der Waals surface area contributed by atoms with Gasteiger partial charge in [-0.1, -0.05) is 25.8 Å². The third-order valence-electron chi connectivity index (χ3n) is 2.43. The highest BCUT2D eigenvalue weighted by molar-refractivity contribution is 7.90. The molecule has 0 amide bonds. The minimum atomic E-state index is -3.30. The van der Waals surface area contributed by atoms with Gasteiger partial charge in [0.1, 0.15) is 5.75 Å². The smallest absolute Gasteiger partial charge is 0.177 e. The van der Waals surface area contributed by atoms with Crippen molar-refractivity contribution in [3.63, 3.8) is 0 Å². The summed E-state index contributed by atoms with van der Waals surface area (Å²) in [4.78, 5) is 0.130. The molecule has 1 rings (SSSR count). The van der Waals surface area contributed by atoms with E-state index in [-0.39, 0.29) is 10.6 Å². The molecule has 0 radical (unpaired) electrons. The van der Waals surface area contributed by atoms with Crippen LogP contribution in [-0.4, -0.2) is 21.3 Å². The highest BCUT2D eigenvalue weighted by Gasteiger charge is 2.14. The van der Waals surface area contributed by atoms with E-state index in [0.29, 0.717) is 12.4 Å². The van der Waals surface area contributed by atoms with Crippen LogP contribution >= 0.6 is 0 Å². The van der Waals surface area contributed by atoms with Crippen LogP contribution in [0.5, 0.6) is 5.75 Å². The van der Waals surface area contributed by atoms with Gasteiger partial charge in [-0.15, -0.1) is 0 Å². The summed E-state index contributed by atoms with van der Waals surface area (Å²) in [5.41, 5.74) is 5.98. The van der Waals surface area contributed by atoms with Gasteiger partial charge < -0.3 is 10.5 Å². The molecule has 1 aromatic rings. The standard InChI is InChI=1S/C12H19NO3S/c1-3-4-5-9-16-10-7-6-8-11(12(10)13)17(2,14)15/h6-8H,3-5,9,13H2,1-2H3. The zero-order valence-corrected chi connectivity index (χ0v) is 11.1. The molecule has 0 aromatic heterocycles. The Bertz CT molecular complexity index is 469. The van der Waals surface area contributed by atoms with Crippen molar-refractivity contribution in [3.8, 4) is 5.75 Å². The number of anilines is 1. The minimum Gasteiger partial charge on any atom is -0.491 e. The van der Waals surface area contributed by atoms with Gasteiger partial charge in [0.2, 0.25) is 0 Å². The summed E-state index contributed by atoms with van der Waals surface area (Å²) in [6, 6.07) is 4.82. The molecule has 0 saturated carbocycles. The average molecular weight is 257 g/mol. The van der Waals surface area contributed by atoms with Crippen LogP contribution in [0.4, 0.5) is 5.69 Å². The van der Waals surface area contributed by atoms with Gasteiger partial charge in [-0.2, -0.15) is 0 Å². The van der Waals surface area contributed by atoms with E-state index in [0.717, 1.165) is 25.5 Å². The summed E-state index contributed by atoms with van der Waals surface area (Å²) < 4.78 is 28.4. The molecular formula is C12H19NO3S. The zero-order valence-electron chi connectivity index (χ0n) is 10.3. The van der Waals surface area contributed by atoms with E-state index in [1.165, 1.54) is 6.07 Å². The summed E-state index contributed by atoms with van der Waals surface area (Å²) in [6.45, 7) is 2.67. The molecule has 0 aliphatic carbocycles. The first-order valence-electron chi connectivity index (χ1n) is 5.68. The molecule has 96 valence electrons. The van der Waals surface area contributed by atoms with Gasteiger partial charge >= 0.3 is 0 Å². The van der Waals surface area contributed by atoms with Crippen LogP contribution in [0.25, 0.3) is 0 Å². The maximum atomic E-state index is 11.4. The van der Waals surface area contributed by atoms with Gasteiger partial charge in [0.25, 0.3) is 0 Å². The second kappa shape index (κ2) is 5.91. The number of nitrogens with two attached hydrogens (primary N) is 1. The van der Waals surface area contributed by atoms with Crippen molar-refractivity contribution in [1.82, 2.24) is 0 Å². The number of para-hydroxylation sites is 1. The van der Waals surface area contributed by atoms with Gasteiger partial charge in [0.05, 0.1) is 17.2 Å². The summed E-state index contributed by atoms with van der Waals surface area (Å²) in [5.74, 6) is 0.448. The van der Waals surface area contributed by atoms with Crippen molar-refractivity contribution < 1.29 is 13.2 Å². The third-order valence-corrected chi connectivity index (χ3v) is 3.59. The van der Waals surface area contributed by atoms with E-state index in [2.05, 4.69) is 6.92 Å². The van der Waals surface area contributed by atoms with Gasteiger partial charge in [-0.25, -0.2) is 8.42 Å². The maximum absolute atomic E-state index is 11.4. The summed E-state index contributed by atoms with van der Waals surface area (Å²) in [7, 11) is -3.30. The van der Waals surface area contributed by atoms with E-state index in [9.17, 15) is 8.42 Å². The number of unbranched alkanes of at least 4 members (excludes halogenated alkanes) is 2. The molecule has 5 heteroatoms. The summed E-state index contributed by atoms with van der Waals surface area (Å²) in [5, 5.41) is 0. The molecule has 0 unspecified atom stereocenters. The van der Waals surface area contributed by atoms with E-state index < -0.39 is 9.84 Å². The van der Waals surface area contributed by atoms with Gasteiger partial charge in [-0.3, -0.25) is 0 Å². The van der Waals surface area contributed by atoms with E-state index in [1.54, 1.807) is 12.1 Å². The minimum absolute atomic E-state index is 0.130. The predicted octanol–water partition coefficient (Wildman–Crippen LogP) is 2.24. The van der Waals surface area contributed by atoms with Crippen molar-refractivity contribution in [3.05, 3.63) is 18.2 Å². The summed E-state index contributed by atoms with van der Waals surface area (Å²) >= 11 is 0. The molecule has 0 spiro atoms. The van der Waals surface area contributed by atoms with Crippen molar-refractivity contribution in [1.29, 1.82) is 0 Å². The molecule has 17 heavy (non-hydrogen) atoms. The molecule has 1 aromatic carbocycles. The van der Waals surface area contributed by atoms with Crippen LogP contribution in [0.15, 0.2) is 23.1 Å². The van der Waals surface area contributed by atoms with Crippen LogP contribution in [-0.2, 0) is 9.84 Å². The topological polar surface area (TPSA) is 69.4 Å². The zero-order chi connectivity index (χ0) is 12.9. The average Bonchev–Trinajstić information content (AvgIpc) is 2.25. The lowest BCUT2D eigenvalue weighted by Gasteiger charge is -2.11. The fourth-order valence-electron chi connectivity index (χ4n) is 1.51. The third kappa shape index (κ3) is 3.93. The first-order valence-corrected chi connectivity index (χ1v) is 7.57. The lowest BCUT2D eigenvalue weighted by Crippen LogP contribution is -2.06. The molecule has 0 aliphatic rings.